The van der Waals surface area contributed by atoms with Gasteiger partial charge in [0.05, 0.1) is 0 Å². The van der Waals surface area contributed by atoms with Crippen LogP contribution in [0.5, 0.6) is 0 Å². The third kappa shape index (κ3) is 2.90. The second-order valence-corrected chi connectivity index (χ2v) is 7.50. The average Bonchev–Trinajstić information content (AvgIpc) is 3.11. The van der Waals surface area contributed by atoms with Crippen molar-refractivity contribution in [2.75, 3.05) is 0 Å². The maximum Gasteiger partial charge on any atom is -0.00577 e. The molecule has 3 aromatic rings. The van der Waals surface area contributed by atoms with Crippen LogP contribution in [-0.4, -0.2) is 0 Å². The van der Waals surface area contributed by atoms with E-state index < -0.39 is 0 Å². The Bertz CT molecular complexity index is 959. The summed E-state index contributed by atoms with van der Waals surface area (Å²) in [5.41, 5.74) is 11.3. The van der Waals surface area contributed by atoms with Crippen LogP contribution in [0.2, 0.25) is 0 Å². The Morgan fingerprint density at radius 2 is 1.50 bits per heavy atom. The van der Waals surface area contributed by atoms with E-state index in [1.807, 2.05) is 0 Å². The second-order valence-electron chi connectivity index (χ2n) is 7.50. The zero-order valence-corrected chi connectivity index (χ0v) is 15.9. The molecule has 130 valence electrons. The van der Waals surface area contributed by atoms with Crippen LogP contribution in [0.15, 0.2) is 72.3 Å². The largest absolute Gasteiger partial charge is 0.0655 e. The van der Waals surface area contributed by atoms with Crippen molar-refractivity contribution in [3.05, 3.63) is 89.0 Å². The Hall–Kier alpha value is -2.60. The average molecular weight is 338 g/mol. The highest BCUT2D eigenvalue weighted by atomic mass is 14.3. The topological polar surface area (TPSA) is 0 Å². The summed E-state index contributed by atoms with van der Waals surface area (Å²) in [6.45, 7) is 6.87. The van der Waals surface area contributed by atoms with Crippen molar-refractivity contribution in [2.45, 2.75) is 39.5 Å². The predicted octanol–water partition coefficient (Wildman–Crippen LogP) is 7.49. The predicted molar refractivity (Wildman–Crippen MR) is 113 cm³/mol. The van der Waals surface area contributed by atoms with Gasteiger partial charge in [-0.3, -0.25) is 0 Å². The fourth-order valence-corrected chi connectivity index (χ4v) is 4.08. The maximum atomic E-state index is 2.44. The van der Waals surface area contributed by atoms with Crippen molar-refractivity contribution in [1.82, 2.24) is 0 Å². The lowest BCUT2D eigenvalue weighted by Gasteiger charge is -2.20. The van der Waals surface area contributed by atoms with E-state index in [0.29, 0.717) is 5.92 Å². The number of fused-ring (bicyclic) bond motifs is 1. The fraction of sp³-hybridized carbons (Fsp3) is 0.231. The van der Waals surface area contributed by atoms with Crippen LogP contribution >= 0.6 is 0 Å². The van der Waals surface area contributed by atoms with Gasteiger partial charge in [0.25, 0.3) is 0 Å². The van der Waals surface area contributed by atoms with Crippen LogP contribution in [0.3, 0.4) is 0 Å². The van der Waals surface area contributed by atoms with Gasteiger partial charge in [0.2, 0.25) is 0 Å². The Balaban J connectivity index is 2.01. The van der Waals surface area contributed by atoms with Crippen LogP contribution in [0.4, 0.5) is 0 Å². The summed E-state index contributed by atoms with van der Waals surface area (Å²) in [6, 6.07) is 24.3. The van der Waals surface area contributed by atoms with E-state index >= 15 is 0 Å². The highest BCUT2D eigenvalue weighted by molar-refractivity contribution is 5.91. The van der Waals surface area contributed by atoms with E-state index in [-0.39, 0.29) is 0 Å². The summed E-state index contributed by atoms with van der Waals surface area (Å²) >= 11 is 0. The number of hydrogen-bond acceptors (Lipinski definition) is 0. The monoisotopic (exact) mass is 338 g/mol. The van der Waals surface area contributed by atoms with Gasteiger partial charge >= 0.3 is 0 Å². The summed E-state index contributed by atoms with van der Waals surface area (Å²) in [4.78, 5) is 0. The first-order valence-corrected chi connectivity index (χ1v) is 9.69. The van der Waals surface area contributed by atoms with Gasteiger partial charge < -0.3 is 0 Å². The van der Waals surface area contributed by atoms with E-state index in [2.05, 4.69) is 93.6 Å². The molecular weight excluding hydrogens is 312 g/mol. The fourth-order valence-electron chi connectivity index (χ4n) is 4.08. The van der Waals surface area contributed by atoms with Gasteiger partial charge in [-0.05, 0) is 57.7 Å². The van der Waals surface area contributed by atoms with E-state index in [0.717, 1.165) is 12.8 Å². The second kappa shape index (κ2) is 6.96. The first-order valence-electron chi connectivity index (χ1n) is 9.69. The van der Waals surface area contributed by atoms with Crippen molar-refractivity contribution in [2.24, 2.45) is 0 Å². The molecule has 1 aliphatic rings. The summed E-state index contributed by atoms with van der Waals surface area (Å²) in [5, 5.41) is 0. The molecule has 1 aliphatic carbocycles. The molecule has 26 heavy (non-hydrogen) atoms. The molecule has 0 N–H and O–H groups in total. The van der Waals surface area contributed by atoms with Gasteiger partial charge in [0.1, 0.15) is 0 Å². The van der Waals surface area contributed by atoms with Gasteiger partial charge in [-0.1, -0.05) is 99.2 Å². The lowest BCUT2D eigenvalue weighted by Crippen LogP contribution is -1.98. The molecule has 0 heterocycles. The number of allylic oxidation sites excluding steroid dienone is 1. The molecule has 0 nitrogen and oxygen atoms in total. The molecule has 0 unspecified atom stereocenters. The zero-order chi connectivity index (χ0) is 18.1. The molecule has 0 saturated carbocycles. The summed E-state index contributed by atoms with van der Waals surface area (Å²) in [6.07, 6.45) is 4.68. The van der Waals surface area contributed by atoms with Crippen LogP contribution in [0, 0.1) is 0 Å². The molecule has 3 aromatic carbocycles. The molecule has 0 radical (unpaired) electrons. The minimum Gasteiger partial charge on any atom is -0.0655 e. The molecule has 0 aliphatic heterocycles. The standard InChI is InChI=1S/C26H26/c1-4-19-16-21-14-15-22(18(2)3)26(25(21)17-19)24-13-9-8-12-23(24)20-10-6-5-7-11-20/h5-15,17-18H,4,16H2,1-3H3. The zero-order valence-electron chi connectivity index (χ0n) is 15.9. The third-order valence-corrected chi connectivity index (χ3v) is 5.49. The SMILES string of the molecule is CCC1=Cc2c(ccc(C(C)C)c2-c2ccccc2-c2ccccc2)C1. The minimum atomic E-state index is 0.498. The van der Waals surface area contributed by atoms with Gasteiger partial charge in [-0.2, -0.15) is 0 Å². The smallest absolute Gasteiger partial charge is 0.00577 e. The molecule has 0 heteroatoms. The lowest BCUT2D eigenvalue weighted by molar-refractivity contribution is 0.867. The summed E-state index contributed by atoms with van der Waals surface area (Å²) < 4.78 is 0. The van der Waals surface area contributed by atoms with Crippen LogP contribution in [0.25, 0.3) is 28.3 Å². The van der Waals surface area contributed by atoms with Crippen molar-refractivity contribution >= 4 is 6.08 Å². The first kappa shape index (κ1) is 16.8. The van der Waals surface area contributed by atoms with Crippen LogP contribution < -0.4 is 0 Å². The number of hydrogen-bond donors (Lipinski definition) is 0. The highest BCUT2D eigenvalue weighted by Crippen LogP contribution is 2.43. The first-order chi connectivity index (χ1) is 12.7. The highest BCUT2D eigenvalue weighted by Gasteiger charge is 2.22. The van der Waals surface area contributed by atoms with Crippen molar-refractivity contribution in [1.29, 1.82) is 0 Å². The number of rotatable bonds is 4. The maximum absolute atomic E-state index is 2.44. The van der Waals surface area contributed by atoms with Gasteiger partial charge in [-0.25, -0.2) is 0 Å². The minimum absolute atomic E-state index is 0.498. The molecule has 0 saturated heterocycles. The van der Waals surface area contributed by atoms with Gasteiger partial charge in [-0.15, -0.1) is 0 Å². The summed E-state index contributed by atoms with van der Waals surface area (Å²) in [5.74, 6) is 0.498. The Labute approximate surface area is 157 Å². The molecule has 0 aromatic heterocycles. The molecule has 0 bridgehead atoms. The quantitative estimate of drug-likeness (QED) is 0.462. The lowest BCUT2D eigenvalue weighted by atomic mass is 9.84. The van der Waals surface area contributed by atoms with Crippen LogP contribution in [0.1, 0.15) is 49.8 Å². The van der Waals surface area contributed by atoms with E-state index in [4.69, 9.17) is 0 Å². The number of benzene rings is 3. The normalized spacial score (nSPS) is 13.0. The van der Waals surface area contributed by atoms with E-state index in [9.17, 15) is 0 Å². The molecule has 0 atom stereocenters. The summed E-state index contributed by atoms with van der Waals surface area (Å²) in [7, 11) is 0. The molecule has 4 rings (SSSR count). The Morgan fingerprint density at radius 1 is 0.808 bits per heavy atom. The van der Waals surface area contributed by atoms with E-state index in [1.54, 1.807) is 5.57 Å². The Kier molecular flexibility index (Phi) is 4.51. The Morgan fingerprint density at radius 3 is 2.19 bits per heavy atom. The molecule has 0 spiro atoms. The van der Waals surface area contributed by atoms with Crippen molar-refractivity contribution < 1.29 is 0 Å². The molecular formula is C26H26. The van der Waals surface area contributed by atoms with Crippen molar-refractivity contribution in [3.8, 4) is 22.3 Å². The van der Waals surface area contributed by atoms with Gasteiger partial charge in [0, 0.05) is 0 Å². The third-order valence-electron chi connectivity index (χ3n) is 5.49. The van der Waals surface area contributed by atoms with Crippen LogP contribution in [-0.2, 0) is 6.42 Å². The molecule has 0 fully saturated rings. The van der Waals surface area contributed by atoms with Gasteiger partial charge in [0.15, 0.2) is 0 Å². The van der Waals surface area contributed by atoms with Crippen molar-refractivity contribution in [3.63, 3.8) is 0 Å². The molecule has 0 amide bonds. The van der Waals surface area contributed by atoms with E-state index in [1.165, 1.54) is 38.9 Å².